The van der Waals surface area contributed by atoms with Crippen LogP contribution in [0.3, 0.4) is 0 Å². The molecule has 0 radical (unpaired) electrons. The van der Waals surface area contributed by atoms with Crippen LogP contribution >= 0.6 is 0 Å². The Kier molecular flexibility index (Phi) is 7.71. The minimum atomic E-state index is -0.473. The Hall–Kier alpha value is -2.33. The van der Waals surface area contributed by atoms with Gasteiger partial charge in [0.2, 0.25) is 0 Å². The number of benzene rings is 1. The lowest BCUT2D eigenvalue weighted by Crippen LogP contribution is -2.52. The molecule has 0 unspecified atom stereocenters. The molecule has 1 aromatic heterocycles. The van der Waals surface area contributed by atoms with Gasteiger partial charge < -0.3 is 19.5 Å². The number of nitrogens with one attached hydrogen (secondary N) is 1. The van der Waals surface area contributed by atoms with Crippen molar-refractivity contribution >= 4 is 22.7 Å². The predicted molar refractivity (Wildman–Crippen MR) is 138 cm³/mol. The topological polar surface area (TPSA) is 89.1 Å². The van der Waals surface area contributed by atoms with Gasteiger partial charge in [-0.3, -0.25) is 9.80 Å². The van der Waals surface area contributed by atoms with Crippen LogP contribution in [0.25, 0.3) is 10.9 Å². The number of carbonyl (C=O) groups excluding carboxylic acids is 1. The third kappa shape index (κ3) is 5.49. The van der Waals surface area contributed by atoms with Gasteiger partial charge in [0.1, 0.15) is 17.7 Å². The number of anilines is 1. The summed E-state index contributed by atoms with van der Waals surface area (Å²) in [6, 6.07) is 8.09. The maximum Gasteiger partial charge on any atom is 0.328 e. The van der Waals surface area contributed by atoms with Crippen LogP contribution < -0.4 is 5.32 Å². The molecule has 2 aliphatic heterocycles. The van der Waals surface area contributed by atoms with E-state index >= 15 is 0 Å². The summed E-state index contributed by atoms with van der Waals surface area (Å²) in [5.74, 6) is 0.937. The summed E-state index contributed by atoms with van der Waals surface area (Å²) in [6.45, 7) is 10.2. The second kappa shape index (κ2) is 11.0. The van der Waals surface area contributed by atoms with Crippen molar-refractivity contribution in [2.45, 2.75) is 63.9 Å². The van der Waals surface area contributed by atoms with Crippen molar-refractivity contribution in [3.05, 3.63) is 30.1 Å². The molecule has 1 aromatic carbocycles. The van der Waals surface area contributed by atoms with E-state index in [1.54, 1.807) is 0 Å². The molecule has 2 aromatic rings. The van der Waals surface area contributed by atoms with Gasteiger partial charge in [-0.1, -0.05) is 26.0 Å². The van der Waals surface area contributed by atoms with Crippen molar-refractivity contribution in [1.29, 1.82) is 0 Å². The lowest BCUT2D eigenvalue weighted by molar-refractivity contribution is -0.184. The third-order valence-corrected chi connectivity index (χ3v) is 7.88. The minimum absolute atomic E-state index is 0.0594. The molecule has 3 fully saturated rings. The Bertz CT molecular complexity index is 1040. The number of fused-ring (bicyclic) bond motifs is 1. The van der Waals surface area contributed by atoms with Gasteiger partial charge in [-0.25, -0.2) is 14.8 Å². The highest BCUT2D eigenvalue weighted by Gasteiger charge is 2.41. The first-order valence-electron chi connectivity index (χ1n) is 13.3. The van der Waals surface area contributed by atoms with Gasteiger partial charge in [-0.15, -0.1) is 0 Å². The first kappa shape index (κ1) is 25.3. The molecule has 5 rings (SSSR count). The van der Waals surface area contributed by atoms with E-state index < -0.39 is 6.04 Å². The summed E-state index contributed by atoms with van der Waals surface area (Å²) in [4.78, 5) is 27.2. The Morgan fingerprint density at radius 3 is 2.47 bits per heavy atom. The van der Waals surface area contributed by atoms with Crippen LogP contribution in [-0.2, 0) is 25.5 Å². The number of hydrogen-bond acceptors (Lipinski definition) is 9. The number of carbonyl (C=O) groups is 1. The fraction of sp³-hybridized carbons (Fsp3) is 0.667. The lowest BCUT2D eigenvalue weighted by Gasteiger charge is -2.43. The van der Waals surface area contributed by atoms with Crippen molar-refractivity contribution in [3.8, 4) is 0 Å². The highest BCUT2D eigenvalue weighted by Crippen LogP contribution is 2.37. The molecule has 196 valence electrons. The zero-order chi connectivity index (χ0) is 25.1. The Labute approximate surface area is 213 Å². The Morgan fingerprint density at radius 1 is 1.11 bits per heavy atom. The smallest absolute Gasteiger partial charge is 0.328 e. The molecule has 9 heteroatoms. The number of para-hydroxylation sites is 1. The van der Waals surface area contributed by atoms with Gasteiger partial charge in [0.25, 0.3) is 0 Å². The van der Waals surface area contributed by atoms with Crippen LogP contribution in [0.15, 0.2) is 24.3 Å². The van der Waals surface area contributed by atoms with Crippen molar-refractivity contribution in [2.75, 3.05) is 51.8 Å². The molecular formula is C27H39N5O4. The fourth-order valence-electron chi connectivity index (χ4n) is 5.76. The monoisotopic (exact) mass is 497 g/mol. The number of aromatic nitrogens is 2. The maximum absolute atomic E-state index is 12.4. The highest BCUT2D eigenvalue weighted by atomic mass is 16.7. The van der Waals surface area contributed by atoms with E-state index in [2.05, 4.69) is 15.1 Å². The molecule has 3 aliphatic rings. The van der Waals surface area contributed by atoms with Crippen molar-refractivity contribution in [1.82, 2.24) is 19.8 Å². The third-order valence-electron chi connectivity index (χ3n) is 7.88. The molecule has 1 N–H and O–H groups in total. The highest BCUT2D eigenvalue weighted by molar-refractivity contribution is 5.91. The summed E-state index contributed by atoms with van der Waals surface area (Å²) >= 11 is 0. The van der Waals surface area contributed by atoms with Gasteiger partial charge in [-0.2, -0.15) is 0 Å². The molecule has 0 bridgehead atoms. The number of methoxy groups -OCH3 is 1. The standard InChI is InChI=1S/C27H39N5O4/c1-19(2)24(26(33)34-3)30-25-21-6-4-5-7-22(21)28-23(29-25)18-31-12-14-32(15-13-31)20-8-10-27(11-9-20)35-16-17-36-27/h4-7,19-20,24H,8-18H2,1-3H3,(H,28,29,30)/t24-/m0/s1. The van der Waals surface area contributed by atoms with Crippen LogP contribution in [0.5, 0.6) is 0 Å². The van der Waals surface area contributed by atoms with E-state index in [0.29, 0.717) is 18.4 Å². The first-order chi connectivity index (χ1) is 17.5. The molecular weight excluding hydrogens is 458 g/mol. The minimum Gasteiger partial charge on any atom is -0.467 e. The average molecular weight is 498 g/mol. The number of ether oxygens (including phenoxy) is 3. The van der Waals surface area contributed by atoms with Crippen molar-refractivity contribution in [3.63, 3.8) is 0 Å². The van der Waals surface area contributed by atoms with Gasteiger partial charge >= 0.3 is 5.97 Å². The SMILES string of the molecule is COC(=O)[C@@H](Nc1nc(CN2CCN(C3CCC4(CC3)OCCO4)CC2)nc2ccccc12)C(C)C. The van der Waals surface area contributed by atoms with Crippen molar-refractivity contribution in [2.24, 2.45) is 5.92 Å². The number of hydrogen-bond donors (Lipinski definition) is 1. The Morgan fingerprint density at radius 2 is 1.81 bits per heavy atom. The van der Waals surface area contributed by atoms with E-state index in [0.717, 1.165) is 81.8 Å². The normalized spacial score (nSPS) is 22.3. The quantitative estimate of drug-likeness (QED) is 0.580. The van der Waals surface area contributed by atoms with Gasteiger partial charge in [0, 0.05) is 50.4 Å². The van der Waals surface area contributed by atoms with Gasteiger partial charge in [-0.05, 0) is 30.9 Å². The van der Waals surface area contributed by atoms with Crippen LogP contribution in [-0.4, -0.2) is 90.1 Å². The van der Waals surface area contributed by atoms with E-state index in [1.807, 2.05) is 38.1 Å². The molecule has 9 nitrogen and oxygen atoms in total. The average Bonchev–Trinajstić information content (AvgIpc) is 3.35. The first-order valence-corrected chi connectivity index (χ1v) is 13.3. The lowest BCUT2D eigenvalue weighted by atomic mass is 9.89. The van der Waals surface area contributed by atoms with E-state index in [4.69, 9.17) is 24.2 Å². The summed E-state index contributed by atoms with van der Waals surface area (Å²) in [5, 5.41) is 4.26. The summed E-state index contributed by atoms with van der Waals surface area (Å²) in [5.41, 5.74) is 0.878. The predicted octanol–water partition coefficient (Wildman–Crippen LogP) is 3.04. The summed E-state index contributed by atoms with van der Waals surface area (Å²) < 4.78 is 16.8. The van der Waals surface area contributed by atoms with Crippen LogP contribution in [0.1, 0.15) is 45.4 Å². The van der Waals surface area contributed by atoms with E-state index in [1.165, 1.54) is 7.11 Å². The number of esters is 1. The van der Waals surface area contributed by atoms with Crippen LogP contribution in [0, 0.1) is 5.92 Å². The zero-order valence-electron chi connectivity index (χ0n) is 21.7. The molecule has 1 atom stereocenters. The molecule has 2 saturated heterocycles. The molecule has 0 amide bonds. The molecule has 1 aliphatic carbocycles. The number of rotatable bonds is 7. The summed E-state index contributed by atoms with van der Waals surface area (Å²) in [7, 11) is 1.42. The maximum atomic E-state index is 12.4. The second-order valence-corrected chi connectivity index (χ2v) is 10.5. The van der Waals surface area contributed by atoms with E-state index in [-0.39, 0.29) is 17.7 Å². The Balaban J connectivity index is 1.22. The second-order valence-electron chi connectivity index (χ2n) is 10.5. The molecule has 3 heterocycles. The van der Waals surface area contributed by atoms with Crippen LogP contribution in [0.4, 0.5) is 5.82 Å². The largest absolute Gasteiger partial charge is 0.467 e. The molecule has 1 spiro atoms. The fourth-order valence-corrected chi connectivity index (χ4v) is 5.76. The zero-order valence-corrected chi connectivity index (χ0v) is 21.7. The summed E-state index contributed by atoms with van der Waals surface area (Å²) in [6.07, 6.45) is 4.28. The van der Waals surface area contributed by atoms with E-state index in [9.17, 15) is 4.79 Å². The van der Waals surface area contributed by atoms with Gasteiger partial charge in [0.05, 0.1) is 32.4 Å². The van der Waals surface area contributed by atoms with Gasteiger partial charge in [0.15, 0.2) is 5.79 Å². The van der Waals surface area contributed by atoms with Crippen molar-refractivity contribution < 1.29 is 19.0 Å². The number of nitrogens with zero attached hydrogens (tertiary/aromatic N) is 4. The number of piperazine rings is 1. The molecule has 36 heavy (non-hydrogen) atoms. The molecule has 1 saturated carbocycles. The van der Waals surface area contributed by atoms with Crippen LogP contribution in [0.2, 0.25) is 0 Å².